The maximum Gasteiger partial charge on any atom is 0.416 e. The van der Waals surface area contributed by atoms with Gasteiger partial charge in [-0.1, -0.05) is 12.1 Å². The lowest BCUT2D eigenvalue weighted by Gasteiger charge is -2.30. The first kappa shape index (κ1) is 13.4. The van der Waals surface area contributed by atoms with Crippen LogP contribution in [0.15, 0.2) is 24.3 Å². The molecule has 1 aliphatic carbocycles. The van der Waals surface area contributed by atoms with E-state index in [9.17, 15) is 18.3 Å². The van der Waals surface area contributed by atoms with E-state index in [4.69, 9.17) is 0 Å². The average molecular weight is 259 g/mol. The highest BCUT2D eigenvalue weighted by atomic mass is 19.4. The third kappa shape index (κ3) is 2.84. The van der Waals surface area contributed by atoms with E-state index in [0.29, 0.717) is 11.6 Å². The summed E-state index contributed by atoms with van der Waals surface area (Å²) in [7, 11) is 0. The number of halogens is 3. The van der Waals surface area contributed by atoms with Gasteiger partial charge in [0.1, 0.15) is 0 Å². The summed E-state index contributed by atoms with van der Waals surface area (Å²) in [5, 5.41) is 12.7. The number of hydrogen-bond donors (Lipinski definition) is 2. The van der Waals surface area contributed by atoms with Crippen LogP contribution in [-0.2, 0) is 11.7 Å². The van der Waals surface area contributed by atoms with Gasteiger partial charge in [-0.25, -0.2) is 0 Å². The Balaban J connectivity index is 2.30. The monoisotopic (exact) mass is 259 g/mol. The molecule has 1 aliphatic rings. The second-order valence-corrected chi connectivity index (χ2v) is 4.99. The number of nitrogens with one attached hydrogen (secondary N) is 1. The average Bonchev–Trinajstić information content (AvgIpc) is 3.12. The van der Waals surface area contributed by atoms with Crippen molar-refractivity contribution in [2.45, 2.75) is 37.5 Å². The van der Waals surface area contributed by atoms with Crippen molar-refractivity contribution in [2.75, 3.05) is 6.61 Å². The predicted octanol–water partition coefficient (Wildman–Crippen LogP) is 2.66. The first-order chi connectivity index (χ1) is 8.35. The fraction of sp³-hybridized carbons (Fsp3) is 0.538. The van der Waals surface area contributed by atoms with Crippen LogP contribution in [0.1, 0.15) is 30.9 Å². The van der Waals surface area contributed by atoms with E-state index in [0.717, 1.165) is 25.0 Å². The van der Waals surface area contributed by atoms with Crippen LogP contribution >= 0.6 is 0 Å². The van der Waals surface area contributed by atoms with Gasteiger partial charge in [0, 0.05) is 6.04 Å². The number of rotatable bonds is 4. The molecule has 2 rings (SSSR count). The maximum atomic E-state index is 12.7. The van der Waals surface area contributed by atoms with E-state index < -0.39 is 17.3 Å². The van der Waals surface area contributed by atoms with Crippen molar-refractivity contribution in [2.24, 2.45) is 0 Å². The number of alkyl halides is 3. The first-order valence-electron chi connectivity index (χ1n) is 5.91. The molecule has 100 valence electrons. The lowest BCUT2D eigenvalue weighted by atomic mass is 9.91. The minimum atomic E-state index is -4.36. The van der Waals surface area contributed by atoms with Gasteiger partial charge in [0.05, 0.1) is 17.7 Å². The van der Waals surface area contributed by atoms with E-state index in [1.54, 1.807) is 13.0 Å². The Hall–Kier alpha value is -1.07. The molecule has 0 bridgehead atoms. The molecule has 1 unspecified atom stereocenters. The van der Waals surface area contributed by atoms with Gasteiger partial charge in [-0.05, 0) is 37.5 Å². The topological polar surface area (TPSA) is 32.3 Å². The highest BCUT2D eigenvalue weighted by Crippen LogP contribution is 2.33. The van der Waals surface area contributed by atoms with Crippen LogP contribution in [0.4, 0.5) is 13.2 Å². The van der Waals surface area contributed by atoms with Gasteiger partial charge in [-0.2, -0.15) is 13.2 Å². The van der Waals surface area contributed by atoms with E-state index in [1.165, 1.54) is 6.07 Å². The third-order valence-corrected chi connectivity index (χ3v) is 3.24. The molecule has 0 saturated heterocycles. The fourth-order valence-electron chi connectivity index (χ4n) is 1.94. The molecule has 1 saturated carbocycles. The van der Waals surface area contributed by atoms with Crippen LogP contribution in [0.2, 0.25) is 0 Å². The summed E-state index contributed by atoms with van der Waals surface area (Å²) < 4.78 is 38.0. The molecule has 2 nitrogen and oxygen atoms in total. The van der Waals surface area contributed by atoms with Crippen molar-refractivity contribution in [1.29, 1.82) is 0 Å². The Bertz CT molecular complexity index is 428. The third-order valence-electron chi connectivity index (χ3n) is 3.24. The predicted molar refractivity (Wildman–Crippen MR) is 62.0 cm³/mol. The van der Waals surface area contributed by atoms with E-state index >= 15 is 0 Å². The standard InChI is InChI=1S/C13H16F3NO/c1-12(8-18,17-11-5-6-11)9-3-2-4-10(7-9)13(14,15)16/h2-4,7,11,17-18H,5-6,8H2,1H3. The minimum Gasteiger partial charge on any atom is -0.394 e. The molecule has 1 atom stereocenters. The van der Waals surface area contributed by atoms with Crippen molar-refractivity contribution >= 4 is 0 Å². The van der Waals surface area contributed by atoms with Crippen molar-refractivity contribution in [3.8, 4) is 0 Å². The first-order valence-corrected chi connectivity index (χ1v) is 5.91. The molecule has 1 fully saturated rings. The summed E-state index contributed by atoms with van der Waals surface area (Å²) in [5.74, 6) is 0. The summed E-state index contributed by atoms with van der Waals surface area (Å²) >= 11 is 0. The number of aliphatic hydroxyl groups excluding tert-OH is 1. The van der Waals surface area contributed by atoms with Crippen LogP contribution in [-0.4, -0.2) is 17.8 Å². The van der Waals surface area contributed by atoms with Crippen LogP contribution in [0.25, 0.3) is 0 Å². The van der Waals surface area contributed by atoms with E-state index in [2.05, 4.69) is 5.32 Å². The Kier molecular flexibility index (Phi) is 3.38. The van der Waals surface area contributed by atoms with Crippen LogP contribution in [0, 0.1) is 0 Å². The molecule has 0 aliphatic heterocycles. The number of aliphatic hydroxyl groups is 1. The van der Waals surface area contributed by atoms with Gasteiger partial charge in [-0.3, -0.25) is 0 Å². The molecule has 5 heteroatoms. The van der Waals surface area contributed by atoms with E-state index in [1.807, 2.05) is 0 Å². The lowest BCUT2D eigenvalue weighted by molar-refractivity contribution is -0.137. The maximum absolute atomic E-state index is 12.7. The van der Waals surface area contributed by atoms with Crippen LogP contribution < -0.4 is 5.32 Å². The largest absolute Gasteiger partial charge is 0.416 e. The van der Waals surface area contributed by atoms with Gasteiger partial charge in [0.2, 0.25) is 0 Å². The minimum absolute atomic E-state index is 0.231. The molecular weight excluding hydrogens is 243 g/mol. The molecule has 1 aromatic carbocycles. The van der Waals surface area contributed by atoms with Crippen LogP contribution in [0.5, 0.6) is 0 Å². The van der Waals surface area contributed by atoms with Crippen LogP contribution in [0.3, 0.4) is 0 Å². The van der Waals surface area contributed by atoms with Crippen molar-refractivity contribution in [3.05, 3.63) is 35.4 Å². The summed E-state index contributed by atoms with van der Waals surface area (Å²) in [6, 6.07) is 5.43. The lowest BCUT2D eigenvalue weighted by Crippen LogP contribution is -2.44. The van der Waals surface area contributed by atoms with Gasteiger partial charge in [-0.15, -0.1) is 0 Å². The smallest absolute Gasteiger partial charge is 0.394 e. The quantitative estimate of drug-likeness (QED) is 0.871. The molecule has 2 N–H and O–H groups in total. The van der Waals surface area contributed by atoms with Gasteiger partial charge in [0.25, 0.3) is 0 Å². The number of hydrogen-bond acceptors (Lipinski definition) is 2. The van der Waals surface area contributed by atoms with Gasteiger partial charge in [0.15, 0.2) is 0 Å². The van der Waals surface area contributed by atoms with Crippen molar-refractivity contribution in [1.82, 2.24) is 5.32 Å². The summed E-state index contributed by atoms with van der Waals surface area (Å²) in [5.41, 5.74) is -1.04. The molecular formula is C13H16F3NO. The zero-order valence-electron chi connectivity index (χ0n) is 10.1. The normalized spacial score (nSPS) is 19.6. The second-order valence-electron chi connectivity index (χ2n) is 4.99. The molecule has 18 heavy (non-hydrogen) atoms. The molecule has 0 spiro atoms. The summed E-state index contributed by atoms with van der Waals surface area (Å²) in [4.78, 5) is 0. The molecule has 0 heterocycles. The SMILES string of the molecule is CC(CO)(NC1CC1)c1cccc(C(F)(F)F)c1. The Labute approximate surface area is 104 Å². The van der Waals surface area contributed by atoms with Crippen molar-refractivity contribution < 1.29 is 18.3 Å². The molecule has 0 amide bonds. The molecule has 1 aromatic rings. The Morgan fingerprint density at radius 1 is 1.28 bits per heavy atom. The van der Waals surface area contributed by atoms with Gasteiger partial charge >= 0.3 is 6.18 Å². The van der Waals surface area contributed by atoms with E-state index in [-0.39, 0.29) is 6.61 Å². The number of benzene rings is 1. The summed E-state index contributed by atoms with van der Waals surface area (Å²) in [6.45, 7) is 1.49. The highest BCUT2D eigenvalue weighted by molar-refractivity contribution is 5.31. The second kappa shape index (κ2) is 4.55. The zero-order chi connectivity index (χ0) is 13.4. The van der Waals surface area contributed by atoms with Crippen molar-refractivity contribution in [3.63, 3.8) is 0 Å². The summed E-state index contributed by atoms with van der Waals surface area (Å²) in [6.07, 6.45) is -2.34. The zero-order valence-corrected chi connectivity index (χ0v) is 10.1. The Morgan fingerprint density at radius 3 is 2.39 bits per heavy atom. The highest BCUT2D eigenvalue weighted by Gasteiger charge is 2.36. The fourth-order valence-corrected chi connectivity index (χ4v) is 1.94. The molecule has 0 radical (unpaired) electrons. The Morgan fingerprint density at radius 2 is 1.89 bits per heavy atom. The van der Waals surface area contributed by atoms with Gasteiger partial charge < -0.3 is 10.4 Å². The molecule has 0 aromatic heterocycles.